The summed E-state index contributed by atoms with van der Waals surface area (Å²) in [4.78, 5) is 26.2. The van der Waals surface area contributed by atoms with Crippen LogP contribution in [0.3, 0.4) is 0 Å². The van der Waals surface area contributed by atoms with Gasteiger partial charge in [-0.3, -0.25) is 15.4 Å². The smallest absolute Gasteiger partial charge is 0.270 e. The van der Waals surface area contributed by atoms with Crippen molar-refractivity contribution in [2.24, 2.45) is 11.6 Å². The van der Waals surface area contributed by atoms with Crippen LogP contribution in [0.5, 0.6) is 0 Å². The van der Waals surface area contributed by atoms with Crippen molar-refractivity contribution in [1.29, 1.82) is 0 Å². The summed E-state index contributed by atoms with van der Waals surface area (Å²) in [6.07, 6.45) is 1.53. The van der Waals surface area contributed by atoms with E-state index in [2.05, 4.69) is 15.7 Å². The number of aromatic nitrogens is 1. The molecule has 1 aromatic rings. The van der Waals surface area contributed by atoms with E-state index < -0.39 is 5.91 Å². The van der Waals surface area contributed by atoms with E-state index in [1.165, 1.54) is 12.3 Å². The Labute approximate surface area is 98.5 Å². The Bertz CT molecular complexity index is 404. The van der Waals surface area contributed by atoms with Crippen molar-refractivity contribution in [3.05, 3.63) is 24.0 Å². The van der Waals surface area contributed by atoms with Crippen LogP contribution in [0.15, 0.2) is 18.3 Å². The fraction of sp³-hybridized carbons (Fsp3) is 0.300. The van der Waals surface area contributed by atoms with Crippen LogP contribution in [0.1, 0.15) is 23.8 Å². The number of nitrogen functional groups attached to an aromatic ring is 1. The zero-order valence-electron chi connectivity index (χ0n) is 9.43. The molecular weight excluding hydrogens is 222 g/mol. The summed E-state index contributed by atoms with van der Waals surface area (Å²) < 4.78 is 0. The lowest BCUT2D eigenvalue weighted by atomic mass is 10.2. The summed E-state index contributed by atoms with van der Waals surface area (Å²) in [6, 6.07) is 2.83. The number of nitrogens with one attached hydrogen (secondary N) is 2. The molecule has 92 valence electrons. The molecule has 0 saturated heterocycles. The summed E-state index contributed by atoms with van der Waals surface area (Å²) >= 11 is 0. The molecule has 1 aromatic heterocycles. The number of amides is 2. The fourth-order valence-electron chi connectivity index (χ4n) is 1.26. The number of hydrogen-bond donors (Lipinski definition) is 4. The third-order valence-corrected chi connectivity index (χ3v) is 2.05. The standard InChI is InChI=1S/C10H15N5O2/c1-6(4-9(11)16)14-10(17)8-3-2-7(15-12)5-13-8/h2-3,5-6,15H,4,12H2,1H3,(H2,11,16)(H,14,17). The highest BCUT2D eigenvalue weighted by Gasteiger charge is 2.12. The highest BCUT2D eigenvalue weighted by molar-refractivity contribution is 5.93. The molecule has 7 nitrogen and oxygen atoms in total. The maximum Gasteiger partial charge on any atom is 0.270 e. The molecule has 7 heteroatoms. The summed E-state index contributed by atoms with van der Waals surface area (Å²) in [5.74, 6) is 4.35. The van der Waals surface area contributed by atoms with Crippen molar-refractivity contribution in [3.63, 3.8) is 0 Å². The number of carbonyl (C=O) groups is 2. The molecule has 0 aromatic carbocycles. The van der Waals surface area contributed by atoms with Crippen molar-refractivity contribution in [3.8, 4) is 0 Å². The minimum Gasteiger partial charge on any atom is -0.370 e. The Balaban J connectivity index is 2.60. The van der Waals surface area contributed by atoms with Crippen LogP contribution in [0, 0.1) is 0 Å². The number of hydrazine groups is 1. The van der Waals surface area contributed by atoms with E-state index in [0.29, 0.717) is 5.69 Å². The van der Waals surface area contributed by atoms with Gasteiger partial charge >= 0.3 is 0 Å². The van der Waals surface area contributed by atoms with Gasteiger partial charge in [-0.05, 0) is 19.1 Å². The molecule has 0 aliphatic heterocycles. The summed E-state index contributed by atoms with van der Waals surface area (Å²) in [5, 5.41) is 2.61. The Kier molecular flexibility index (Phi) is 4.41. The number of hydrogen-bond acceptors (Lipinski definition) is 5. The lowest BCUT2D eigenvalue weighted by molar-refractivity contribution is -0.118. The van der Waals surface area contributed by atoms with Crippen LogP contribution in [-0.4, -0.2) is 22.8 Å². The Morgan fingerprint density at radius 3 is 2.65 bits per heavy atom. The van der Waals surface area contributed by atoms with E-state index >= 15 is 0 Å². The average molecular weight is 237 g/mol. The van der Waals surface area contributed by atoms with E-state index in [9.17, 15) is 9.59 Å². The van der Waals surface area contributed by atoms with Gasteiger partial charge in [-0.25, -0.2) is 4.98 Å². The van der Waals surface area contributed by atoms with E-state index in [1.807, 2.05) is 0 Å². The molecule has 1 atom stereocenters. The third-order valence-electron chi connectivity index (χ3n) is 2.05. The summed E-state index contributed by atoms with van der Waals surface area (Å²) in [7, 11) is 0. The normalized spacial score (nSPS) is 11.6. The highest BCUT2D eigenvalue weighted by atomic mass is 16.2. The SMILES string of the molecule is CC(CC(N)=O)NC(=O)c1ccc(NN)cn1. The van der Waals surface area contributed by atoms with Gasteiger partial charge in [0.2, 0.25) is 5.91 Å². The van der Waals surface area contributed by atoms with Crippen molar-refractivity contribution >= 4 is 17.5 Å². The number of primary amides is 1. The molecule has 1 rings (SSSR count). The minimum absolute atomic E-state index is 0.0914. The second-order valence-corrected chi connectivity index (χ2v) is 3.62. The van der Waals surface area contributed by atoms with Crippen molar-refractivity contribution in [2.75, 3.05) is 5.43 Å². The van der Waals surface area contributed by atoms with Crippen LogP contribution < -0.4 is 22.3 Å². The van der Waals surface area contributed by atoms with Gasteiger partial charge in [0.05, 0.1) is 11.9 Å². The first-order valence-electron chi connectivity index (χ1n) is 5.04. The zero-order valence-corrected chi connectivity index (χ0v) is 9.43. The van der Waals surface area contributed by atoms with Gasteiger partial charge in [-0.1, -0.05) is 0 Å². The molecule has 1 heterocycles. The predicted molar refractivity (Wildman–Crippen MR) is 62.8 cm³/mol. The lowest BCUT2D eigenvalue weighted by Gasteiger charge is -2.11. The number of nitrogens with zero attached hydrogens (tertiary/aromatic N) is 1. The van der Waals surface area contributed by atoms with Gasteiger partial charge < -0.3 is 16.5 Å². The van der Waals surface area contributed by atoms with Crippen LogP contribution in [0.4, 0.5) is 5.69 Å². The molecule has 0 aliphatic rings. The van der Waals surface area contributed by atoms with Crippen molar-refractivity contribution in [2.45, 2.75) is 19.4 Å². The van der Waals surface area contributed by atoms with E-state index in [1.54, 1.807) is 13.0 Å². The molecular formula is C10H15N5O2. The first kappa shape index (κ1) is 12.9. The highest BCUT2D eigenvalue weighted by Crippen LogP contribution is 2.04. The van der Waals surface area contributed by atoms with Crippen molar-refractivity contribution in [1.82, 2.24) is 10.3 Å². The summed E-state index contributed by atoms with van der Waals surface area (Å²) in [5.41, 5.74) is 8.28. The molecule has 0 radical (unpaired) electrons. The number of carbonyl (C=O) groups excluding carboxylic acids is 2. The molecule has 17 heavy (non-hydrogen) atoms. The average Bonchev–Trinajstić information content (AvgIpc) is 2.28. The largest absolute Gasteiger partial charge is 0.370 e. The zero-order chi connectivity index (χ0) is 12.8. The molecule has 1 unspecified atom stereocenters. The maximum absolute atomic E-state index is 11.7. The van der Waals surface area contributed by atoms with E-state index in [-0.39, 0.29) is 24.1 Å². The topological polar surface area (TPSA) is 123 Å². The number of pyridine rings is 1. The number of nitrogens with two attached hydrogens (primary N) is 2. The van der Waals surface area contributed by atoms with E-state index in [4.69, 9.17) is 11.6 Å². The van der Waals surface area contributed by atoms with Crippen molar-refractivity contribution < 1.29 is 9.59 Å². The van der Waals surface area contributed by atoms with Gasteiger partial charge in [-0.15, -0.1) is 0 Å². The van der Waals surface area contributed by atoms with Crippen LogP contribution in [-0.2, 0) is 4.79 Å². The van der Waals surface area contributed by atoms with Gasteiger partial charge in [0.15, 0.2) is 0 Å². The van der Waals surface area contributed by atoms with Gasteiger partial charge in [0, 0.05) is 12.5 Å². The first-order chi connectivity index (χ1) is 8.02. The molecule has 0 spiro atoms. The second kappa shape index (κ2) is 5.80. The fourth-order valence-corrected chi connectivity index (χ4v) is 1.26. The predicted octanol–water partition coefficient (Wildman–Crippen LogP) is -0.639. The third kappa shape index (κ3) is 4.07. The van der Waals surface area contributed by atoms with Gasteiger partial charge in [0.25, 0.3) is 5.91 Å². The lowest BCUT2D eigenvalue weighted by Crippen LogP contribution is -2.36. The van der Waals surface area contributed by atoms with E-state index in [0.717, 1.165) is 0 Å². The number of anilines is 1. The van der Waals surface area contributed by atoms with Gasteiger partial charge in [0.1, 0.15) is 5.69 Å². The molecule has 2 amide bonds. The molecule has 0 fully saturated rings. The molecule has 6 N–H and O–H groups in total. The Morgan fingerprint density at radius 1 is 1.47 bits per heavy atom. The molecule has 0 saturated carbocycles. The Morgan fingerprint density at radius 2 is 2.18 bits per heavy atom. The minimum atomic E-state index is -0.464. The molecule has 0 bridgehead atoms. The Hall–Kier alpha value is -2.15. The maximum atomic E-state index is 11.7. The monoisotopic (exact) mass is 237 g/mol. The van der Waals surface area contributed by atoms with Crippen LogP contribution in [0.25, 0.3) is 0 Å². The number of rotatable bonds is 5. The molecule has 0 aliphatic carbocycles. The first-order valence-corrected chi connectivity index (χ1v) is 5.04. The second-order valence-electron chi connectivity index (χ2n) is 3.62. The summed E-state index contributed by atoms with van der Waals surface area (Å²) in [6.45, 7) is 1.69. The quantitative estimate of drug-likeness (QED) is 0.400. The van der Waals surface area contributed by atoms with Crippen LogP contribution >= 0.6 is 0 Å². The van der Waals surface area contributed by atoms with Gasteiger partial charge in [-0.2, -0.15) is 0 Å². The van der Waals surface area contributed by atoms with Crippen LogP contribution in [0.2, 0.25) is 0 Å².